The van der Waals surface area contributed by atoms with Crippen LogP contribution < -0.4 is 4.90 Å². The number of carbonyl (C=O) groups excluding carboxylic acids is 2. The summed E-state index contributed by atoms with van der Waals surface area (Å²) in [6.07, 6.45) is 0.934. The van der Waals surface area contributed by atoms with Crippen LogP contribution in [0.25, 0.3) is 0 Å². The molecule has 2 amide bonds. The highest BCUT2D eigenvalue weighted by Crippen LogP contribution is 2.18. The average molecular weight is 257 g/mol. The maximum absolute atomic E-state index is 12.0. The fraction of sp³-hybridized carbons (Fsp3) is 0.357. The van der Waals surface area contributed by atoms with Gasteiger partial charge in [-0.05, 0) is 24.1 Å². The monoisotopic (exact) mass is 257 g/mol. The lowest BCUT2D eigenvalue weighted by Crippen LogP contribution is -2.54. The van der Waals surface area contributed by atoms with Crippen LogP contribution in [0, 0.1) is 11.3 Å². The lowest BCUT2D eigenvalue weighted by atomic mass is 10.1. The Labute approximate surface area is 112 Å². The third-order valence-corrected chi connectivity index (χ3v) is 3.23. The van der Waals surface area contributed by atoms with E-state index in [1.165, 1.54) is 15.4 Å². The Morgan fingerprint density at radius 2 is 1.84 bits per heavy atom. The number of aryl methyl sites for hydroxylation is 1. The van der Waals surface area contributed by atoms with E-state index in [-0.39, 0.29) is 6.54 Å². The number of nitriles is 1. The standard InChI is InChI=1S/C14H15N3O2/c1-2-11-3-5-12(6-4-11)17-10-9-16(8-7-15)13(18)14(17)19/h3-6H,2,8-10H2,1H3. The fourth-order valence-electron chi connectivity index (χ4n) is 2.07. The van der Waals surface area contributed by atoms with E-state index in [2.05, 4.69) is 6.92 Å². The van der Waals surface area contributed by atoms with E-state index in [0.717, 1.165) is 12.1 Å². The van der Waals surface area contributed by atoms with Crippen LogP contribution in [-0.4, -0.2) is 36.3 Å². The molecular formula is C14H15N3O2. The van der Waals surface area contributed by atoms with Crippen molar-refractivity contribution in [2.75, 3.05) is 24.5 Å². The summed E-state index contributed by atoms with van der Waals surface area (Å²) in [4.78, 5) is 26.5. The first kappa shape index (κ1) is 13.1. The van der Waals surface area contributed by atoms with Crippen molar-refractivity contribution in [3.05, 3.63) is 29.8 Å². The molecule has 0 bridgehead atoms. The number of anilines is 1. The number of rotatable bonds is 3. The number of benzene rings is 1. The predicted octanol–water partition coefficient (Wildman–Crippen LogP) is 0.948. The third-order valence-electron chi connectivity index (χ3n) is 3.23. The van der Waals surface area contributed by atoms with Crippen molar-refractivity contribution in [1.29, 1.82) is 5.26 Å². The maximum atomic E-state index is 12.0. The summed E-state index contributed by atoms with van der Waals surface area (Å²) >= 11 is 0. The first-order chi connectivity index (χ1) is 9.17. The number of hydrogen-bond donors (Lipinski definition) is 0. The normalized spacial score (nSPS) is 15.6. The molecule has 1 aromatic rings. The molecule has 1 aliphatic heterocycles. The summed E-state index contributed by atoms with van der Waals surface area (Å²) < 4.78 is 0. The molecule has 1 fully saturated rings. The minimum Gasteiger partial charge on any atom is -0.319 e. The topological polar surface area (TPSA) is 64.4 Å². The second kappa shape index (κ2) is 5.53. The van der Waals surface area contributed by atoms with Gasteiger partial charge in [0.05, 0.1) is 6.07 Å². The number of nitrogens with zero attached hydrogens (tertiary/aromatic N) is 3. The van der Waals surface area contributed by atoms with Crippen molar-refractivity contribution in [2.24, 2.45) is 0 Å². The number of amides is 2. The molecule has 0 aromatic heterocycles. The van der Waals surface area contributed by atoms with Gasteiger partial charge in [0.15, 0.2) is 0 Å². The zero-order valence-electron chi connectivity index (χ0n) is 10.8. The van der Waals surface area contributed by atoms with Crippen LogP contribution in [0.3, 0.4) is 0 Å². The van der Waals surface area contributed by atoms with E-state index >= 15 is 0 Å². The van der Waals surface area contributed by atoms with Crippen molar-refractivity contribution in [1.82, 2.24) is 4.90 Å². The summed E-state index contributed by atoms with van der Waals surface area (Å²) in [6, 6.07) is 9.50. The molecule has 1 aliphatic rings. The van der Waals surface area contributed by atoms with Gasteiger partial charge in [0.1, 0.15) is 6.54 Å². The quantitative estimate of drug-likeness (QED) is 0.598. The van der Waals surface area contributed by atoms with E-state index in [0.29, 0.717) is 13.1 Å². The van der Waals surface area contributed by atoms with Gasteiger partial charge in [0.2, 0.25) is 0 Å². The molecule has 0 atom stereocenters. The molecule has 5 nitrogen and oxygen atoms in total. The molecule has 98 valence electrons. The zero-order valence-corrected chi connectivity index (χ0v) is 10.8. The van der Waals surface area contributed by atoms with Gasteiger partial charge in [0, 0.05) is 18.8 Å². The molecule has 0 radical (unpaired) electrons. The molecule has 0 N–H and O–H groups in total. The molecule has 0 unspecified atom stereocenters. The minimum absolute atomic E-state index is 0.0345. The van der Waals surface area contributed by atoms with Crippen LogP contribution in [0.15, 0.2) is 24.3 Å². The second-order valence-corrected chi connectivity index (χ2v) is 4.36. The molecule has 2 rings (SSSR count). The Bertz CT molecular complexity index is 531. The molecule has 0 aliphatic carbocycles. The molecule has 1 heterocycles. The minimum atomic E-state index is -0.604. The Morgan fingerprint density at radius 1 is 1.16 bits per heavy atom. The summed E-state index contributed by atoms with van der Waals surface area (Å²) in [5, 5.41) is 8.59. The summed E-state index contributed by atoms with van der Waals surface area (Å²) in [5.74, 6) is -1.17. The van der Waals surface area contributed by atoms with Crippen LogP contribution in [0.2, 0.25) is 0 Å². The van der Waals surface area contributed by atoms with Gasteiger partial charge < -0.3 is 9.80 Å². The number of carbonyl (C=O) groups is 2. The van der Waals surface area contributed by atoms with Gasteiger partial charge in [-0.3, -0.25) is 9.59 Å². The highest BCUT2D eigenvalue weighted by atomic mass is 16.2. The Morgan fingerprint density at radius 3 is 2.42 bits per heavy atom. The van der Waals surface area contributed by atoms with E-state index < -0.39 is 11.8 Å². The van der Waals surface area contributed by atoms with Crippen molar-refractivity contribution in [3.8, 4) is 6.07 Å². The zero-order chi connectivity index (χ0) is 13.8. The van der Waals surface area contributed by atoms with Gasteiger partial charge >= 0.3 is 11.8 Å². The van der Waals surface area contributed by atoms with Crippen molar-refractivity contribution < 1.29 is 9.59 Å². The van der Waals surface area contributed by atoms with Gasteiger partial charge in [-0.1, -0.05) is 19.1 Å². The molecule has 1 aromatic carbocycles. The number of piperazine rings is 1. The number of hydrogen-bond acceptors (Lipinski definition) is 3. The van der Waals surface area contributed by atoms with E-state index in [9.17, 15) is 9.59 Å². The van der Waals surface area contributed by atoms with E-state index in [4.69, 9.17) is 5.26 Å². The van der Waals surface area contributed by atoms with Gasteiger partial charge in [-0.15, -0.1) is 0 Å². The van der Waals surface area contributed by atoms with Crippen LogP contribution in [0.1, 0.15) is 12.5 Å². The summed E-state index contributed by atoms with van der Waals surface area (Å²) in [6.45, 7) is 2.85. The summed E-state index contributed by atoms with van der Waals surface area (Å²) in [5.41, 5.74) is 1.91. The predicted molar refractivity (Wildman–Crippen MR) is 70.4 cm³/mol. The van der Waals surface area contributed by atoms with Gasteiger partial charge in [-0.25, -0.2) is 0 Å². The largest absolute Gasteiger partial charge is 0.319 e. The Hall–Kier alpha value is -2.35. The highest BCUT2D eigenvalue weighted by Gasteiger charge is 2.32. The molecule has 19 heavy (non-hydrogen) atoms. The first-order valence-corrected chi connectivity index (χ1v) is 6.24. The molecule has 0 spiro atoms. The van der Waals surface area contributed by atoms with E-state index in [1.54, 1.807) is 0 Å². The highest BCUT2D eigenvalue weighted by molar-refractivity contribution is 6.41. The van der Waals surface area contributed by atoms with Gasteiger partial charge in [0.25, 0.3) is 0 Å². The fourth-order valence-corrected chi connectivity index (χ4v) is 2.07. The van der Waals surface area contributed by atoms with Crippen molar-refractivity contribution in [2.45, 2.75) is 13.3 Å². The molecular weight excluding hydrogens is 242 g/mol. The van der Waals surface area contributed by atoms with Crippen LogP contribution in [0.5, 0.6) is 0 Å². The second-order valence-electron chi connectivity index (χ2n) is 4.36. The first-order valence-electron chi connectivity index (χ1n) is 6.24. The van der Waals surface area contributed by atoms with Crippen LogP contribution >= 0.6 is 0 Å². The third kappa shape index (κ3) is 2.58. The van der Waals surface area contributed by atoms with Crippen LogP contribution in [0.4, 0.5) is 5.69 Å². The Balaban J connectivity index is 2.16. The molecule has 1 saturated heterocycles. The SMILES string of the molecule is CCc1ccc(N2CCN(CC#N)C(=O)C2=O)cc1. The maximum Gasteiger partial charge on any atom is 0.316 e. The van der Waals surface area contributed by atoms with Crippen LogP contribution in [-0.2, 0) is 16.0 Å². The Kier molecular flexibility index (Phi) is 3.81. The van der Waals surface area contributed by atoms with Crippen molar-refractivity contribution >= 4 is 17.5 Å². The summed E-state index contributed by atoms with van der Waals surface area (Å²) in [7, 11) is 0. The lowest BCUT2D eigenvalue weighted by molar-refractivity contribution is -0.145. The molecule has 5 heteroatoms. The van der Waals surface area contributed by atoms with E-state index in [1.807, 2.05) is 30.3 Å². The molecule has 0 saturated carbocycles. The lowest BCUT2D eigenvalue weighted by Gasteiger charge is -2.32. The van der Waals surface area contributed by atoms with Gasteiger partial charge in [-0.2, -0.15) is 5.26 Å². The average Bonchev–Trinajstić information content (AvgIpc) is 2.45. The van der Waals surface area contributed by atoms with Crippen molar-refractivity contribution in [3.63, 3.8) is 0 Å². The smallest absolute Gasteiger partial charge is 0.316 e.